The third-order valence-electron chi connectivity index (χ3n) is 6.70. The molecule has 1 aromatic heterocycles. The van der Waals surface area contributed by atoms with Gasteiger partial charge in [0.15, 0.2) is 5.84 Å². The molecule has 1 aromatic carbocycles. The molecule has 4 rings (SSSR count). The molecule has 2 heterocycles. The molecule has 0 atom stereocenters. The first-order valence-corrected chi connectivity index (χ1v) is 12.6. The number of aromatic nitrogens is 1. The second-order valence-electron chi connectivity index (χ2n) is 9.94. The van der Waals surface area contributed by atoms with Crippen molar-refractivity contribution in [2.75, 3.05) is 32.7 Å². The Hall–Kier alpha value is -3.43. The molecule has 1 aliphatic carbocycles. The van der Waals surface area contributed by atoms with Crippen molar-refractivity contribution in [3.8, 4) is 0 Å². The van der Waals surface area contributed by atoms with E-state index in [9.17, 15) is 22.8 Å². The van der Waals surface area contributed by atoms with Gasteiger partial charge in [-0.2, -0.15) is 13.2 Å². The Morgan fingerprint density at radius 1 is 1.03 bits per heavy atom. The molecule has 1 aliphatic heterocycles. The van der Waals surface area contributed by atoms with Crippen molar-refractivity contribution in [2.24, 2.45) is 10.9 Å². The average Bonchev–Trinajstić information content (AvgIpc) is 3.68. The number of piperazine rings is 1. The number of nitrogens with one attached hydrogen (secondary N) is 1. The average molecular weight is 516 g/mol. The van der Waals surface area contributed by atoms with Gasteiger partial charge in [-0.15, -0.1) is 0 Å². The highest BCUT2D eigenvalue weighted by Crippen LogP contribution is 2.41. The number of benzene rings is 1. The summed E-state index contributed by atoms with van der Waals surface area (Å²) in [6, 6.07) is 10.3. The lowest BCUT2D eigenvalue weighted by atomic mass is 10.1. The van der Waals surface area contributed by atoms with E-state index in [0.717, 1.165) is 12.5 Å². The Kier molecular flexibility index (Phi) is 7.85. The first-order valence-electron chi connectivity index (χ1n) is 12.6. The van der Waals surface area contributed by atoms with Crippen LogP contribution in [0.15, 0.2) is 53.7 Å². The smallest absolute Gasteiger partial charge is 0.354 e. The Morgan fingerprint density at radius 3 is 2.27 bits per heavy atom. The van der Waals surface area contributed by atoms with Crippen molar-refractivity contribution in [3.05, 3.63) is 65.5 Å². The summed E-state index contributed by atoms with van der Waals surface area (Å²) in [5, 5.41) is 3.00. The van der Waals surface area contributed by atoms with Gasteiger partial charge in [0.25, 0.3) is 5.91 Å². The third-order valence-corrected chi connectivity index (χ3v) is 6.70. The fourth-order valence-electron chi connectivity index (χ4n) is 4.34. The number of nitrogens with zero attached hydrogens (tertiary/aromatic N) is 4. The van der Waals surface area contributed by atoms with Gasteiger partial charge in [0, 0.05) is 38.9 Å². The van der Waals surface area contributed by atoms with Crippen molar-refractivity contribution in [3.63, 3.8) is 0 Å². The first-order chi connectivity index (χ1) is 17.6. The summed E-state index contributed by atoms with van der Waals surface area (Å²) in [7, 11) is 0. The molecule has 0 unspecified atom stereocenters. The molecule has 2 amide bonds. The zero-order chi connectivity index (χ0) is 26.6. The summed E-state index contributed by atoms with van der Waals surface area (Å²) >= 11 is 0. The highest BCUT2D eigenvalue weighted by molar-refractivity contribution is 6.01. The number of hydrogen-bond acceptors (Lipinski definition) is 4. The van der Waals surface area contributed by atoms with Gasteiger partial charge in [-0.25, -0.2) is 4.99 Å². The number of rotatable bonds is 7. The lowest BCUT2D eigenvalue weighted by Crippen LogP contribution is -2.51. The van der Waals surface area contributed by atoms with Gasteiger partial charge in [0.2, 0.25) is 5.91 Å². The first kappa shape index (κ1) is 26.6. The van der Waals surface area contributed by atoms with E-state index in [0.29, 0.717) is 49.9 Å². The van der Waals surface area contributed by atoms with Crippen LogP contribution in [0.3, 0.4) is 0 Å². The van der Waals surface area contributed by atoms with Gasteiger partial charge in [0.05, 0.1) is 11.1 Å². The number of hydrogen-bond donors (Lipinski definition) is 1. The van der Waals surface area contributed by atoms with Crippen molar-refractivity contribution < 1.29 is 22.8 Å². The van der Waals surface area contributed by atoms with Gasteiger partial charge in [0.1, 0.15) is 11.2 Å². The molecule has 0 radical (unpaired) electrons. The number of amidine groups is 1. The molecule has 7 nitrogen and oxygen atoms in total. The van der Waals surface area contributed by atoms with Crippen molar-refractivity contribution in [1.82, 2.24) is 20.1 Å². The Balaban J connectivity index is 1.51. The fraction of sp³-hybridized carbons (Fsp3) is 0.481. The van der Waals surface area contributed by atoms with Crippen LogP contribution in [0.2, 0.25) is 0 Å². The molecule has 2 aliphatic rings. The Morgan fingerprint density at radius 2 is 1.68 bits per heavy atom. The molecule has 1 saturated carbocycles. The normalized spacial score (nSPS) is 17.6. The van der Waals surface area contributed by atoms with Crippen LogP contribution in [0, 0.1) is 5.92 Å². The maximum absolute atomic E-state index is 13.4. The molecule has 37 heavy (non-hydrogen) atoms. The third kappa shape index (κ3) is 6.29. The van der Waals surface area contributed by atoms with E-state index in [1.807, 2.05) is 17.0 Å². The largest absolute Gasteiger partial charge is 0.417 e. The van der Waals surface area contributed by atoms with Crippen molar-refractivity contribution in [1.29, 1.82) is 0 Å². The summed E-state index contributed by atoms with van der Waals surface area (Å²) in [6.07, 6.45) is -0.790. The zero-order valence-corrected chi connectivity index (χ0v) is 21.1. The standard InChI is InChI=1S/C27H32F3N5O2/c1-19(2)10-14-32-25(37)26(11-12-26)33-23(22-9-5-6-13-31-22)34-15-17-35(18-16-34)24(36)20-7-3-4-8-21(20)27(28,29)30/h3-9,13,19H,10-12,14-18H2,1-2H3,(H,32,37). The molecule has 198 valence electrons. The zero-order valence-electron chi connectivity index (χ0n) is 21.1. The molecular weight excluding hydrogens is 483 g/mol. The number of halogens is 3. The van der Waals surface area contributed by atoms with Crippen LogP contribution in [0.1, 0.15) is 54.7 Å². The van der Waals surface area contributed by atoms with E-state index in [-0.39, 0.29) is 24.6 Å². The summed E-state index contributed by atoms with van der Waals surface area (Å²) in [4.78, 5) is 38.7. The Bertz CT molecular complexity index is 1140. The number of amides is 2. The lowest BCUT2D eigenvalue weighted by Gasteiger charge is -2.37. The van der Waals surface area contributed by atoms with Crippen LogP contribution in [0.25, 0.3) is 0 Å². The minimum Gasteiger partial charge on any atom is -0.354 e. The van der Waals surface area contributed by atoms with Gasteiger partial charge in [-0.05, 0) is 49.4 Å². The molecule has 0 bridgehead atoms. The predicted octanol–water partition coefficient (Wildman–Crippen LogP) is 4.00. The van der Waals surface area contributed by atoms with E-state index in [2.05, 4.69) is 24.1 Å². The molecule has 1 N–H and O–H groups in total. The second-order valence-corrected chi connectivity index (χ2v) is 9.94. The van der Waals surface area contributed by atoms with Crippen molar-refractivity contribution in [2.45, 2.75) is 44.8 Å². The lowest BCUT2D eigenvalue weighted by molar-refractivity contribution is -0.138. The van der Waals surface area contributed by atoms with Crippen LogP contribution in [0.5, 0.6) is 0 Å². The molecule has 0 spiro atoms. The van der Waals surface area contributed by atoms with Gasteiger partial charge in [-0.1, -0.05) is 32.0 Å². The van der Waals surface area contributed by atoms with Gasteiger partial charge < -0.3 is 15.1 Å². The maximum Gasteiger partial charge on any atom is 0.417 e. The van der Waals surface area contributed by atoms with E-state index in [1.54, 1.807) is 12.3 Å². The SMILES string of the molecule is CC(C)CCNC(=O)C1(N=C(c2ccccn2)N2CCN(C(=O)c3ccccc3C(F)(F)F)CC2)CC1. The van der Waals surface area contributed by atoms with Crippen LogP contribution >= 0.6 is 0 Å². The van der Waals surface area contributed by atoms with Gasteiger partial charge in [-0.3, -0.25) is 14.6 Å². The van der Waals surface area contributed by atoms with Crippen LogP contribution in [-0.4, -0.2) is 70.7 Å². The summed E-state index contributed by atoms with van der Waals surface area (Å²) in [5.41, 5.74) is -1.50. The van der Waals surface area contributed by atoms with Crippen LogP contribution in [-0.2, 0) is 11.0 Å². The van der Waals surface area contributed by atoms with E-state index in [4.69, 9.17) is 4.99 Å². The highest BCUT2D eigenvalue weighted by Gasteiger charge is 2.51. The molecule has 1 saturated heterocycles. The number of carbonyl (C=O) groups is 2. The summed E-state index contributed by atoms with van der Waals surface area (Å²) in [6.45, 7) is 5.97. The number of carbonyl (C=O) groups excluding carboxylic acids is 2. The predicted molar refractivity (Wildman–Crippen MR) is 134 cm³/mol. The summed E-state index contributed by atoms with van der Waals surface area (Å²) in [5.74, 6) is 0.302. The van der Waals surface area contributed by atoms with E-state index < -0.39 is 23.2 Å². The minimum atomic E-state index is -4.61. The molecule has 10 heteroatoms. The van der Waals surface area contributed by atoms with Crippen LogP contribution in [0.4, 0.5) is 13.2 Å². The topological polar surface area (TPSA) is 77.9 Å². The van der Waals surface area contributed by atoms with Crippen LogP contribution < -0.4 is 5.32 Å². The second kappa shape index (κ2) is 10.9. The van der Waals surface area contributed by atoms with E-state index in [1.165, 1.54) is 23.1 Å². The molecule has 2 fully saturated rings. The Labute approximate surface area is 214 Å². The quantitative estimate of drug-likeness (QED) is 0.447. The minimum absolute atomic E-state index is 0.0980. The molecular formula is C27H32F3N5O2. The number of aliphatic imine (C=N–C) groups is 1. The molecule has 2 aromatic rings. The van der Waals surface area contributed by atoms with Crippen molar-refractivity contribution >= 4 is 17.6 Å². The monoisotopic (exact) mass is 515 g/mol. The van der Waals surface area contributed by atoms with Gasteiger partial charge >= 0.3 is 6.18 Å². The highest BCUT2D eigenvalue weighted by atomic mass is 19.4. The number of alkyl halides is 3. The summed E-state index contributed by atoms with van der Waals surface area (Å²) < 4.78 is 40.3. The fourth-order valence-corrected chi connectivity index (χ4v) is 4.34. The number of pyridine rings is 1. The maximum atomic E-state index is 13.4. The van der Waals surface area contributed by atoms with E-state index >= 15 is 0 Å².